The molecular weight excluding hydrogens is 296 g/mol. The normalized spacial score (nSPS) is 30.7. The zero-order valence-electron chi connectivity index (χ0n) is 13.8. The highest BCUT2D eigenvalue weighted by Crippen LogP contribution is 2.46. The van der Waals surface area contributed by atoms with Gasteiger partial charge in [-0.1, -0.05) is 42.5 Å². The molecule has 6 rings (SSSR count). The summed E-state index contributed by atoms with van der Waals surface area (Å²) < 4.78 is 6.41. The van der Waals surface area contributed by atoms with Gasteiger partial charge in [0.2, 0.25) is 5.88 Å². The first-order valence-corrected chi connectivity index (χ1v) is 8.94. The van der Waals surface area contributed by atoms with E-state index < -0.39 is 0 Å². The van der Waals surface area contributed by atoms with Gasteiger partial charge in [-0.3, -0.25) is 4.90 Å². The minimum absolute atomic E-state index is 0.00635. The molecule has 2 bridgehead atoms. The molecule has 0 radical (unpaired) electrons. The SMILES string of the molecule is C(=C\c1cnc2c(c1)CC1(CN3CCC1CC3)O2)/c1ccccc1. The molecule has 1 unspecified atom stereocenters. The highest BCUT2D eigenvalue weighted by molar-refractivity contribution is 5.69. The number of ether oxygens (including phenoxy) is 1. The van der Waals surface area contributed by atoms with Crippen LogP contribution in [0, 0.1) is 5.92 Å². The van der Waals surface area contributed by atoms with E-state index in [-0.39, 0.29) is 5.60 Å². The molecule has 122 valence electrons. The molecule has 24 heavy (non-hydrogen) atoms. The molecule has 0 aliphatic carbocycles. The number of piperidine rings is 3. The molecule has 4 aliphatic rings. The van der Waals surface area contributed by atoms with Crippen molar-refractivity contribution >= 4 is 12.2 Å². The maximum absolute atomic E-state index is 6.41. The zero-order valence-corrected chi connectivity index (χ0v) is 13.8. The van der Waals surface area contributed by atoms with E-state index in [1.165, 1.54) is 37.1 Å². The summed E-state index contributed by atoms with van der Waals surface area (Å²) in [6, 6.07) is 12.6. The van der Waals surface area contributed by atoms with Gasteiger partial charge in [0.25, 0.3) is 0 Å². The van der Waals surface area contributed by atoms with Crippen LogP contribution in [0.3, 0.4) is 0 Å². The summed E-state index contributed by atoms with van der Waals surface area (Å²) in [5, 5.41) is 0. The molecule has 3 heteroatoms. The van der Waals surface area contributed by atoms with Gasteiger partial charge in [-0.2, -0.15) is 0 Å². The highest BCUT2D eigenvalue weighted by atomic mass is 16.5. The Morgan fingerprint density at radius 2 is 1.88 bits per heavy atom. The maximum Gasteiger partial charge on any atom is 0.217 e. The molecule has 3 nitrogen and oxygen atoms in total. The molecule has 5 heterocycles. The molecule has 3 fully saturated rings. The number of nitrogens with zero attached hydrogens (tertiary/aromatic N) is 2. The third kappa shape index (κ3) is 2.35. The lowest BCUT2D eigenvalue weighted by Gasteiger charge is -2.50. The molecule has 2 aromatic rings. The number of benzene rings is 1. The quantitative estimate of drug-likeness (QED) is 0.845. The van der Waals surface area contributed by atoms with Gasteiger partial charge in [-0.05, 0) is 43.1 Å². The summed E-state index contributed by atoms with van der Waals surface area (Å²) in [6.07, 6.45) is 9.78. The van der Waals surface area contributed by atoms with Crippen LogP contribution in [0.25, 0.3) is 12.2 Å². The van der Waals surface area contributed by atoms with Gasteiger partial charge in [-0.25, -0.2) is 4.98 Å². The van der Waals surface area contributed by atoms with E-state index in [9.17, 15) is 0 Å². The minimum atomic E-state index is -0.00635. The summed E-state index contributed by atoms with van der Waals surface area (Å²) in [7, 11) is 0. The summed E-state index contributed by atoms with van der Waals surface area (Å²) in [5.74, 6) is 1.56. The van der Waals surface area contributed by atoms with Crippen LogP contribution >= 0.6 is 0 Å². The number of aromatic nitrogens is 1. The zero-order chi connectivity index (χ0) is 16.0. The van der Waals surface area contributed by atoms with Crippen molar-refractivity contribution in [2.75, 3.05) is 19.6 Å². The van der Waals surface area contributed by atoms with E-state index >= 15 is 0 Å². The smallest absolute Gasteiger partial charge is 0.217 e. The van der Waals surface area contributed by atoms with Crippen LogP contribution in [-0.4, -0.2) is 35.1 Å². The number of hydrogen-bond donors (Lipinski definition) is 0. The Balaban J connectivity index is 1.39. The van der Waals surface area contributed by atoms with Crippen molar-refractivity contribution in [3.05, 3.63) is 59.3 Å². The van der Waals surface area contributed by atoms with Crippen LogP contribution in [0.1, 0.15) is 29.5 Å². The monoisotopic (exact) mass is 318 g/mol. The number of hydrogen-bond acceptors (Lipinski definition) is 3. The lowest BCUT2D eigenvalue weighted by Crippen LogP contribution is -2.61. The molecule has 1 atom stereocenters. The van der Waals surface area contributed by atoms with E-state index in [4.69, 9.17) is 4.74 Å². The molecule has 0 saturated carbocycles. The lowest BCUT2D eigenvalue weighted by molar-refractivity contribution is -0.0814. The third-order valence-electron chi connectivity index (χ3n) is 5.83. The van der Waals surface area contributed by atoms with Crippen LogP contribution in [0.4, 0.5) is 0 Å². The highest BCUT2D eigenvalue weighted by Gasteiger charge is 2.52. The fraction of sp³-hybridized carbons (Fsp3) is 0.381. The first-order chi connectivity index (χ1) is 11.8. The third-order valence-corrected chi connectivity index (χ3v) is 5.83. The first-order valence-electron chi connectivity index (χ1n) is 8.94. The van der Waals surface area contributed by atoms with Crippen LogP contribution in [-0.2, 0) is 6.42 Å². The second-order valence-electron chi connectivity index (χ2n) is 7.37. The van der Waals surface area contributed by atoms with Gasteiger partial charge in [0, 0.05) is 30.6 Å². The van der Waals surface area contributed by atoms with Crippen molar-refractivity contribution in [1.29, 1.82) is 0 Å². The molecule has 1 aromatic carbocycles. The van der Waals surface area contributed by atoms with E-state index in [1.54, 1.807) is 0 Å². The first kappa shape index (κ1) is 14.2. The Labute approximate surface area is 143 Å². The van der Waals surface area contributed by atoms with Crippen LogP contribution < -0.4 is 4.74 Å². The van der Waals surface area contributed by atoms with E-state index in [1.807, 2.05) is 12.3 Å². The Morgan fingerprint density at radius 3 is 2.62 bits per heavy atom. The predicted octanol–water partition coefficient (Wildman–Crippen LogP) is 3.65. The second kappa shape index (κ2) is 5.45. The van der Waals surface area contributed by atoms with Crippen molar-refractivity contribution in [2.45, 2.75) is 24.9 Å². The van der Waals surface area contributed by atoms with Crippen molar-refractivity contribution in [1.82, 2.24) is 9.88 Å². The molecular formula is C21H22N2O. The van der Waals surface area contributed by atoms with E-state index in [2.05, 4.69) is 52.4 Å². The fourth-order valence-corrected chi connectivity index (χ4v) is 4.57. The maximum atomic E-state index is 6.41. The van der Waals surface area contributed by atoms with Crippen LogP contribution in [0.15, 0.2) is 42.6 Å². The predicted molar refractivity (Wildman–Crippen MR) is 95.8 cm³/mol. The average molecular weight is 318 g/mol. The second-order valence-corrected chi connectivity index (χ2v) is 7.37. The number of rotatable bonds is 2. The Kier molecular flexibility index (Phi) is 3.23. The van der Waals surface area contributed by atoms with Crippen molar-refractivity contribution in [3.63, 3.8) is 0 Å². The Hall–Kier alpha value is -2.13. The Bertz CT molecular complexity index is 778. The summed E-state index contributed by atoms with van der Waals surface area (Å²) in [5.41, 5.74) is 3.63. The summed E-state index contributed by atoms with van der Waals surface area (Å²) in [6.45, 7) is 3.55. The summed E-state index contributed by atoms with van der Waals surface area (Å²) >= 11 is 0. The lowest BCUT2D eigenvalue weighted by atomic mass is 9.73. The fourth-order valence-electron chi connectivity index (χ4n) is 4.57. The molecule has 3 saturated heterocycles. The molecule has 1 aromatic heterocycles. The van der Waals surface area contributed by atoms with E-state index in [0.717, 1.165) is 24.4 Å². The van der Waals surface area contributed by atoms with Crippen molar-refractivity contribution in [2.24, 2.45) is 5.92 Å². The van der Waals surface area contributed by atoms with Crippen molar-refractivity contribution < 1.29 is 4.74 Å². The van der Waals surface area contributed by atoms with Gasteiger partial charge in [-0.15, -0.1) is 0 Å². The summed E-state index contributed by atoms with van der Waals surface area (Å²) in [4.78, 5) is 7.17. The van der Waals surface area contributed by atoms with Gasteiger partial charge < -0.3 is 4.74 Å². The van der Waals surface area contributed by atoms with Crippen LogP contribution in [0.2, 0.25) is 0 Å². The molecule has 0 N–H and O–H groups in total. The molecule has 4 aliphatic heterocycles. The van der Waals surface area contributed by atoms with Crippen molar-refractivity contribution in [3.8, 4) is 5.88 Å². The number of pyridine rings is 1. The van der Waals surface area contributed by atoms with Gasteiger partial charge >= 0.3 is 0 Å². The Morgan fingerprint density at radius 1 is 1.08 bits per heavy atom. The topological polar surface area (TPSA) is 25.4 Å². The standard InChI is InChI=1S/C21H22N2O/c1-2-4-16(5-3-1)6-7-17-12-18-13-21(24-20(18)22-14-17)15-23-10-8-19(21)9-11-23/h1-7,12,14,19H,8-11,13,15H2/b7-6+. The molecule has 1 spiro atoms. The average Bonchev–Trinajstić information content (AvgIpc) is 2.98. The van der Waals surface area contributed by atoms with Gasteiger partial charge in [0.1, 0.15) is 5.60 Å². The van der Waals surface area contributed by atoms with Gasteiger partial charge in [0.15, 0.2) is 0 Å². The largest absolute Gasteiger partial charge is 0.469 e. The van der Waals surface area contributed by atoms with Gasteiger partial charge in [0.05, 0.1) is 0 Å². The molecule has 0 amide bonds. The number of fused-ring (bicyclic) bond motifs is 3. The van der Waals surface area contributed by atoms with Crippen LogP contribution in [0.5, 0.6) is 5.88 Å². The van der Waals surface area contributed by atoms with E-state index in [0.29, 0.717) is 5.92 Å². The minimum Gasteiger partial charge on any atom is -0.469 e.